The Morgan fingerprint density at radius 1 is 1.21 bits per heavy atom. The molecule has 0 atom stereocenters. The molecule has 1 aromatic heterocycles. The Bertz CT molecular complexity index is 548. The van der Waals surface area contributed by atoms with Crippen LogP contribution in [0.15, 0.2) is 12.1 Å². The van der Waals surface area contributed by atoms with E-state index < -0.39 is 0 Å². The van der Waals surface area contributed by atoms with Crippen LogP contribution in [-0.2, 0) is 11.3 Å². The second-order valence-corrected chi connectivity index (χ2v) is 9.60. The predicted molar refractivity (Wildman–Crippen MR) is 101 cm³/mol. The number of nitrogens with zero attached hydrogens (tertiary/aromatic N) is 2. The minimum atomic E-state index is 0.303. The van der Waals surface area contributed by atoms with Gasteiger partial charge in [0.25, 0.3) is 0 Å². The van der Waals surface area contributed by atoms with Gasteiger partial charge in [-0.2, -0.15) is 0 Å². The molecule has 0 bridgehead atoms. The highest BCUT2D eigenvalue weighted by Crippen LogP contribution is 2.47. The van der Waals surface area contributed by atoms with Gasteiger partial charge < -0.3 is 4.90 Å². The number of amides is 1. The molecule has 0 N–H and O–H groups in total. The van der Waals surface area contributed by atoms with Crippen molar-refractivity contribution in [3.63, 3.8) is 0 Å². The first-order valence-electron chi connectivity index (χ1n) is 9.44. The molecular weight excluding hydrogens is 316 g/mol. The van der Waals surface area contributed by atoms with E-state index in [0.717, 1.165) is 13.0 Å². The van der Waals surface area contributed by atoms with Gasteiger partial charge in [-0.3, -0.25) is 9.69 Å². The summed E-state index contributed by atoms with van der Waals surface area (Å²) in [6.07, 6.45) is 8.65. The summed E-state index contributed by atoms with van der Waals surface area (Å²) < 4.78 is 0. The van der Waals surface area contributed by atoms with E-state index in [2.05, 4.69) is 24.0 Å². The minimum absolute atomic E-state index is 0.303. The zero-order valence-corrected chi connectivity index (χ0v) is 16.3. The fourth-order valence-electron chi connectivity index (χ4n) is 4.40. The molecule has 1 aliphatic carbocycles. The van der Waals surface area contributed by atoms with Crippen molar-refractivity contribution in [3.05, 3.63) is 21.9 Å². The normalized spacial score (nSPS) is 22.0. The molecule has 0 radical (unpaired) electrons. The Morgan fingerprint density at radius 3 is 2.42 bits per heavy atom. The largest absolute Gasteiger partial charge is 0.349 e. The van der Waals surface area contributed by atoms with Gasteiger partial charge in [-0.05, 0) is 82.0 Å². The van der Waals surface area contributed by atoms with Crippen molar-refractivity contribution in [3.8, 4) is 0 Å². The van der Waals surface area contributed by atoms with Crippen molar-refractivity contribution in [1.29, 1.82) is 0 Å². The molecule has 0 unspecified atom stereocenters. The smallest absolute Gasteiger partial charge is 0.222 e. The third-order valence-electron chi connectivity index (χ3n) is 6.22. The summed E-state index contributed by atoms with van der Waals surface area (Å²) in [4.78, 5) is 19.2. The van der Waals surface area contributed by atoms with Crippen LogP contribution >= 0.6 is 11.3 Å². The molecule has 24 heavy (non-hydrogen) atoms. The zero-order chi connectivity index (χ0) is 17.2. The van der Waals surface area contributed by atoms with Crippen LogP contribution in [0.5, 0.6) is 0 Å². The number of thiophene rings is 1. The molecule has 2 aliphatic rings. The lowest BCUT2D eigenvalue weighted by molar-refractivity contribution is -0.130. The molecule has 3 rings (SSSR count). The number of carbonyl (C=O) groups excluding carboxylic acids is 1. The Kier molecular flexibility index (Phi) is 5.66. The molecule has 1 amide bonds. The van der Waals surface area contributed by atoms with Crippen LogP contribution in [0.2, 0.25) is 0 Å². The number of aryl methyl sites for hydroxylation is 1. The molecular formula is C20H32N2OS. The zero-order valence-electron chi connectivity index (χ0n) is 15.5. The predicted octanol–water partition coefficient (Wildman–Crippen LogP) is 4.31. The van der Waals surface area contributed by atoms with Crippen LogP contribution < -0.4 is 0 Å². The van der Waals surface area contributed by atoms with Crippen LogP contribution in [0.4, 0.5) is 0 Å². The highest BCUT2D eigenvalue weighted by molar-refractivity contribution is 7.11. The number of likely N-dealkylation sites (tertiary alicyclic amines) is 1. The van der Waals surface area contributed by atoms with Crippen molar-refractivity contribution in [1.82, 2.24) is 9.80 Å². The molecule has 0 aromatic carbocycles. The maximum absolute atomic E-state index is 11.9. The summed E-state index contributed by atoms with van der Waals surface area (Å²) in [5.41, 5.74) is 0.583. The SMILES string of the molecule is Cc1ccc(CN2CCC3(CCC(CC(=O)N(C)C)CC3)CC2)s1. The number of carbonyl (C=O) groups is 1. The van der Waals surface area contributed by atoms with E-state index in [1.807, 2.05) is 25.4 Å². The fourth-order valence-corrected chi connectivity index (χ4v) is 5.33. The van der Waals surface area contributed by atoms with Crippen LogP contribution in [0.25, 0.3) is 0 Å². The van der Waals surface area contributed by atoms with Crippen LogP contribution in [0.3, 0.4) is 0 Å². The maximum Gasteiger partial charge on any atom is 0.222 e. The Hall–Kier alpha value is -0.870. The van der Waals surface area contributed by atoms with E-state index >= 15 is 0 Å². The lowest BCUT2D eigenvalue weighted by Crippen LogP contribution is -2.41. The molecule has 1 aliphatic heterocycles. The second kappa shape index (κ2) is 7.57. The van der Waals surface area contributed by atoms with Gasteiger partial charge in [0, 0.05) is 36.8 Å². The van der Waals surface area contributed by atoms with Crippen LogP contribution in [-0.4, -0.2) is 42.9 Å². The lowest BCUT2D eigenvalue weighted by atomic mass is 9.65. The summed E-state index contributed by atoms with van der Waals surface area (Å²) in [5, 5.41) is 0. The van der Waals surface area contributed by atoms with E-state index in [9.17, 15) is 4.79 Å². The fraction of sp³-hybridized carbons (Fsp3) is 0.750. The summed E-state index contributed by atoms with van der Waals surface area (Å²) in [6, 6.07) is 4.53. The van der Waals surface area contributed by atoms with Crippen LogP contribution in [0, 0.1) is 18.3 Å². The van der Waals surface area contributed by atoms with Crippen molar-refractivity contribution in [2.24, 2.45) is 11.3 Å². The highest BCUT2D eigenvalue weighted by atomic mass is 32.1. The van der Waals surface area contributed by atoms with E-state index in [0.29, 0.717) is 17.2 Å². The van der Waals surface area contributed by atoms with Crippen molar-refractivity contribution in [2.45, 2.75) is 58.4 Å². The number of piperidine rings is 1. The first-order valence-corrected chi connectivity index (χ1v) is 10.3. The lowest BCUT2D eigenvalue weighted by Gasteiger charge is -2.46. The molecule has 2 heterocycles. The molecule has 3 nitrogen and oxygen atoms in total. The molecule has 2 fully saturated rings. The van der Waals surface area contributed by atoms with Gasteiger partial charge in [0.05, 0.1) is 0 Å². The molecule has 1 spiro atoms. The average Bonchev–Trinajstić information content (AvgIpc) is 2.97. The summed E-state index contributed by atoms with van der Waals surface area (Å²) in [7, 11) is 3.74. The Morgan fingerprint density at radius 2 is 1.88 bits per heavy atom. The van der Waals surface area contributed by atoms with E-state index in [1.54, 1.807) is 4.90 Å². The summed E-state index contributed by atoms with van der Waals surface area (Å²) in [6.45, 7) is 5.82. The standard InChI is InChI=1S/C20H32N2OS/c1-16-4-5-18(24-16)15-22-12-10-20(11-13-22)8-6-17(7-9-20)14-19(23)21(2)3/h4-5,17H,6-15H2,1-3H3. The second-order valence-electron chi connectivity index (χ2n) is 8.22. The number of hydrogen-bond acceptors (Lipinski definition) is 3. The third kappa shape index (κ3) is 4.40. The van der Waals surface area contributed by atoms with Gasteiger partial charge in [-0.15, -0.1) is 11.3 Å². The molecule has 1 saturated carbocycles. The van der Waals surface area contributed by atoms with E-state index in [4.69, 9.17) is 0 Å². The molecule has 1 aromatic rings. The average molecular weight is 349 g/mol. The van der Waals surface area contributed by atoms with Gasteiger partial charge in [-0.25, -0.2) is 0 Å². The topological polar surface area (TPSA) is 23.6 Å². The number of rotatable bonds is 4. The number of hydrogen-bond donors (Lipinski definition) is 0. The quantitative estimate of drug-likeness (QED) is 0.809. The van der Waals surface area contributed by atoms with Gasteiger partial charge in [0.15, 0.2) is 0 Å². The van der Waals surface area contributed by atoms with Crippen molar-refractivity contribution in [2.75, 3.05) is 27.2 Å². The summed E-state index contributed by atoms with van der Waals surface area (Å²) in [5.74, 6) is 0.926. The Balaban J connectivity index is 1.44. The van der Waals surface area contributed by atoms with E-state index in [-0.39, 0.29) is 0 Å². The molecule has 134 valence electrons. The molecule has 4 heteroatoms. The van der Waals surface area contributed by atoms with Gasteiger partial charge in [0.2, 0.25) is 5.91 Å². The minimum Gasteiger partial charge on any atom is -0.349 e. The highest BCUT2D eigenvalue weighted by Gasteiger charge is 2.38. The third-order valence-corrected chi connectivity index (χ3v) is 7.21. The van der Waals surface area contributed by atoms with Crippen molar-refractivity contribution >= 4 is 17.2 Å². The first kappa shape index (κ1) is 17.9. The first-order chi connectivity index (χ1) is 11.5. The van der Waals surface area contributed by atoms with Gasteiger partial charge in [0.1, 0.15) is 0 Å². The van der Waals surface area contributed by atoms with E-state index in [1.165, 1.54) is 61.4 Å². The Labute approximate surface area is 151 Å². The van der Waals surface area contributed by atoms with Crippen LogP contribution in [0.1, 0.15) is 54.7 Å². The van der Waals surface area contributed by atoms with Gasteiger partial charge in [-0.1, -0.05) is 0 Å². The summed E-state index contributed by atoms with van der Waals surface area (Å²) >= 11 is 1.94. The monoisotopic (exact) mass is 348 g/mol. The molecule has 1 saturated heterocycles. The maximum atomic E-state index is 11.9. The van der Waals surface area contributed by atoms with Gasteiger partial charge >= 0.3 is 0 Å². The van der Waals surface area contributed by atoms with Crippen molar-refractivity contribution < 1.29 is 4.79 Å².